The molecule has 0 aromatic carbocycles. The molecule has 0 saturated heterocycles. The molecule has 2 aromatic rings. The second kappa shape index (κ2) is 8.89. The van der Waals surface area contributed by atoms with Crippen LogP contribution < -0.4 is 10.6 Å². The van der Waals surface area contributed by atoms with Crippen LogP contribution in [0.5, 0.6) is 0 Å². The maximum Gasteiger partial charge on any atom is 0.253 e. The Morgan fingerprint density at radius 2 is 1.65 bits per heavy atom. The van der Waals surface area contributed by atoms with Gasteiger partial charge in [-0.1, -0.05) is 22.0 Å². The molecule has 3 rings (SSSR count). The number of halogens is 1. The Morgan fingerprint density at radius 1 is 0.962 bits per heavy atom. The molecule has 1 fully saturated rings. The van der Waals surface area contributed by atoms with Crippen LogP contribution in [0.1, 0.15) is 36.0 Å². The topological polar surface area (TPSA) is 84.0 Å². The van der Waals surface area contributed by atoms with Gasteiger partial charge in [0.05, 0.1) is 22.3 Å². The third-order valence-electron chi connectivity index (χ3n) is 4.50. The average Bonchev–Trinajstić information content (AvgIpc) is 2.70. The first-order valence-corrected chi connectivity index (χ1v) is 9.81. The average molecular weight is 417 g/mol. The Hall–Kier alpha value is -2.28. The van der Waals surface area contributed by atoms with Crippen LogP contribution in [-0.2, 0) is 4.79 Å². The van der Waals surface area contributed by atoms with Crippen molar-refractivity contribution in [3.8, 4) is 11.4 Å². The van der Waals surface area contributed by atoms with Gasteiger partial charge in [0.25, 0.3) is 5.91 Å². The Balaban J connectivity index is 1.52. The van der Waals surface area contributed by atoms with Crippen LogP contribution in [-0.4, -0.2) is 39.2 Å². The summed E-state index contributed by atoms with van der Waals surface area (Å²) in [7, 11) is 0. The standard InChI is InChI=1S/C19H21BrN4O2/c20-11-18(25)23-14-5-7-15(8-6-14)24-19(26)13-4-9-17(22-12-13)16-3-1-2-10-21-16/h1-4,9-10,12,14-15H,5-8,11H2,(H,23,25)(H,24,26). The molecule has 0 bridgehead atoms. The van der Waals surface area contributed by atoms with Crippen molar-refractivity contribution in [3.63, 3.8) is 0 Å². The maximum atomic E-state index is 12.4. The highest BCUT2D eigenvalue weighted by molar-refractivity contribution is 9.09. The van der Waals surface area contributed by atoms with Crippen molar-refractivity contribution in [2.75, 3.05) is 5.33 Å². The van der Waals surface area contributed by atoms with Gasteiger partial charge in [-0.05, 0) is 49.9 Å². The third kappa shape index (κ3) is 4.88. The molecule has 0 unspecified atom stereocenters. The summed E-state index contributed by atoms with van der Waals surface area (Å²) < 4.78 is 0. The van der Waals surface area contributed by atoms with Crippen LogP contribution in [0.4, 0.5) is 0 Å². The van der Waals surface area contributed by atoms with Crippen molar-refractivity contribution in [2.45, 2.75) is 37.8 Å². The zero-order chi connectivity index (χ0) is 18.4. The van der Waals surface area contributed by atoms with Crippen molar-refractivity contribution in [1.82, 2.24) is 20.6 Å². The number of rotatable bonds is 5. The molecule has 0 atom stereocenters. The van der Waals surface area contributed by atoms with E-state index in [0.29, 0.717) is 10.9 Å². The highest BCUT2D eigenvalue weighted by Gasteiger charge is 2.23. The minimum absolute atomic E-state index is 0.0107. The number of aromatic nitrogens is 2. The lowest BCUT2D eigenvalue weighted by Crippen LogP contribution is -2.44. The second-order valence-electron chi connectivity index (χ2n) is 6.37. The van der Waals surface area contributed by atoms with Crippen LogP contribution >= 0.6 is 15.9 Å². The molecule has 2 heterocycles. The molecule has 1 aliphatic carbocycles. The number of nitrogens with zero attached hydrogens (tertiary/aromatic N) is 2. The monoisotopic (exact) mass is 416 g/mol. The minimum Gasteiger partial charge on any atom is -0.353 e. The predicted molar refractivity (Wildman–Crippen MR) is 103 cm³/mol. The molecule has 136 valence electrons. The number of hydrogen-bond donors (Lipinski definition) is 2. The molecule has 1 saturated carbocycles. The van der Waals surface area contributed by atoms with Crippen LogP contribution in [0.25, 0.3) is 11.4 Å². The summed E-state index contributed by atoms with van der Waals surface area (Å²) in [5, 5.41) is 6.37. The van der Waals surface area contributed by atoms with E-state index in [1.54, 1.807) is 18.5 Å². The Morgan fingerprint density at radius 3 is 2.23 bits per heavy atom. The molecular formula is C19H21BrN4O2. The number of alkyl halides is 1. The van der Waals surface area contributed by atoms with Crippen LogP contribution in [0.15, 0.2) is 42.7 Å². The predicted octanol–water partition coefficient (Wildman–Crippen LogP) is 2.70. The molecule has 2 aromatic heterocycles. The molecule has 7 heteroatoms. The summed E-state index contributed by atoms with van der Waals surface area (Å²) >= 11 is 3.15. The Bertz CT molecular complexity index is 744. The first-order chi connectivity index (χ1) is 12.7. The van der Waals surface area contributed by atoms with Crippen molar-refractivity contribution >= 4 is 27.7 Å². The molecule has 2 amide bonds. The van der Waals surface area contributed by atoms with Crippen molar-refractivity contribution in [2.24, 2.45) is 0 Å². The number of nitrogens with one attached hydrogen (secondary N) is 2. The quantitative estimate of drug-likeness (QED) is 0.733. The minimum atomic E-state index is -0.113. The summed E-state index contributed by atoms with van der Waals surface area (Å²) in [5.74, 6) is -0.102. The third-order valence-corrected chi connectivity index (χ3v) is 5.01. The fraction of sp³-hybridized carbons (Fsp3) is 0.368. The molecule has 1 aliphatic rings. The molecule has 2 N–H and O–H groups in total. The highest BCUT2D eigenvalue weighted by atomic mass is 79.9. The van der Waals surface area contributed by atoms with E-state index in [0.717, 1.165) is 37.1 Å². The van der Waals surface area contributed by atoms with E-state index in [-0.39, 0.29) is 23.9 Å². The first kappa shape index (κ1) is 18.5. The van der Waals surface area contributed by atoms with Gasteiger partial charge >= 0.3 is 0 Å². The molecule has 6 nitrogen and oxygen atoms in total. The molecule has 0 spiro atoms. The van der Waals surface area contributed by atoms with Crippen molar-refractivity contribution < 1.29 is 9.59 Å². The van der Waals surface area contributed by atoms with Gasteiger partial charge in [-0.15, -0.1) is 0 Å². The number of amides is 2. The number of carbonyl (C=O) groups is 2. The summed E-state index contributed by atoms with van der Waals surface area (Å²) in [6, 6.07) is 9.56. The van der Waals surface area contributed by atoms with Crippen molar-refractivity contribution in [1.29, 1.82) is 0 Å². The molecular weight excluding hydrogens is 396 g/mol. The van der Waals surface area contributed by atoms with Gasteiger partial charge in [0.15, 0.2) is 0 Å². The van der Waals surface area contributed by atoms with E-state index in [1.807, 2.05) is 24.3 Å². The number of carbonyl (C=O) groups excluding carboxylic acids is 2. The van der Waals surface area contributed by atoms with Gasteiger partial charge in [-0.2, -0.15) is 0 Å². The molecule has 0 aliphatic heterocycles. The molecule has 26 heavy (non-hydrogen) atoms. The fourth-order valence-electron chi connectivity index (χ4n) is 3.11. The smallest absolute Gasteiger partial charge is 0.253 e. The normalized spacial score (nSPS) is 19.6. The van der Waals surface area contributed by atoms with Crippen LogP contribution in [0, 0.1) is 0 Å². The van der Waals surface area contributed by atoms with Crippen molar-refractivity contribution in [3.05, 3.63) is 48.3 Å². The second-order valence-corrected chi connectivity index (χ2v) is 6.93. The highest BCUT2D eigenvalue weighted by Crippen LogP contribution is 2.19. The zero-order valence-electron chi connectivity index (χ0n) is 14.3. The van der Waals surface area contributed by atoms with E-state index >= 15 is 0 Å². The van der Waals surface area contributed by atoms with E-state index in [4.69, 9.17) is 0 Å². The first-order valence-electron chi connectivity index (χ1n) is 8.69. The van der Waals surface area contributed by atoms with Gasteiger partial charge in [0.1, 0.15) is 0 Å². The molecule has 0 radical (unpaired) electrons. The summed E-state index contributed by atoms with van der Waals surface area (Å²) in [4.78, 5) is 32.4. The lowest BCUT2D eigenvalue weighted by atomic mass is 9.91. The van der Waals surface area contributed by atoms with E-state index in [2.05, 4.69) is 36.5 Å². The van der Waals surface area contributed by atoms with Crippen LogP contribution in [0.3, 0.4) is 0 Å². The summed E-state index contributed by atoms with van der Waals surface area (Å²) in [6.45, 7) is 0. The SMILES string of the molecule is O=C(CBr)NC1CCC(NC(=O)c2ccc(-c3ccccn3)nc2)CC1. The lowest BCUT2D eigenvalue weighted by Gasteiger charge is -2.29. The Labute approximate surface area is 160 Å². The number of hydrogen-bond acceptors (Lipinski definition) is 4. The summed E-state index contributed by atoms with van der Waals surface area (Å²) in [5.41, 5.74) is 2.06. The fourth-order valence-corrected chi connectivity index (χ4v) is 3.27. The Kier molecular flexibility index (Phi) is 6.33. The number of pyridine rings is 2. The van der Waals surface area contributed by atoms with Gasteiger partial charge in [-0.3, -0.25) is 19.6 Å². The van der Waals surface area contributed by atoms with E-state index < -0.39 is 0 Å². The van der Waals surface area contributed by atoms with Crippen LogP contribution in [0.2, 0.25) is 0 Å². The zero-order valence-corrected chi connectivity index (χ0v) is 15.9. The van der Waals surface area contributed by atoms with Gasteiger partial charge in [0, 0.05) is 24.5 Å². The van der Waals surface area contributed by atoms with Gasteiger partial charge in [-0.25, -0.2) is 0 Å². The van der Waals surface area contributed by atoms with Gasteiger partial charge in [0.2, 0.25) is 5.91 Å². The largest absolute Gasteiger partial charge is 0.353 e. The van der Waals surface area contributed by atoms with E-state index in [1.165, 1.54) is 0 Å². The van der Waals surface area contributed by atoms with E-state index in [9.17, 15) is 9.59 Å². The lowest BCUT2D eigenvalue weighted by molar-refractivity contribution is -0.119. The maximum absolute atomic E-state index is 12.4. The summed E-state index contributed by atoms with van der Waals surface area (Å²) in [6.07, 6.45) is 6.77. The van der Waals surface area contributed by atoms with Gasteiger partial charge < -0.3 is 10.6 Å².